The van der Waals surface area contributed by atoms with E-state index >= 15 is 0 Å². The van der Waals surface area contributed by atoms with E-state index in [1.165, 1.54) is 0 Å². The Labute approximate surface area is 76.2 Å². The predicted octanol–water partition coefficient (Wildman–Crippen LogP) is -1.79. The Kier molecular flexibility index (Phi) is 5.31. The van der Waals surface area contributed by atoms with Gasteiger partial charge in [0.05, 0.1) is 0 Å². The van der Waals surface area contributed by atoms with E-state index in [-0.39, 0.29) is 12.4 Å². The van der Waals surface area contributed by atoms with Crippen LogP contribution in [0.1, 0.15) is 0 Å². The zero-order chi connectivity index (χ0) is 6.69. The van der Waals surface area contributed by atoms with Gasteiger partial charge in [-0.1, -0.05) is 11.8 Å². The van der Waals surface area contributed by atoms with Crippen LogP contribution in [0.2, 0.25) is 0 Å². The fourth-order valence-corrected chi connectivity index (χ4v) is 1.83. The molecule has 0 aliphatic carbocycles. The summed E-state index contributed by atoms with van der Waals surface area (Å²) in [5, 5.41) is 8.02. The van der Waals surface area contributed by atoms with Gasteiger partial charge in [-0.3, -0.25) is 5.41 Å². The second-order valence-electron chi connectivity index (χ2n) is 1.83. The van der Waals surface area contributed by atoms with Gasteiger partial charge in [0.15, 0.2) is 5.17 Å². The fraction of sp³-hybridized carbons (Fsp3) is 0.800. The molecule has 10 heavy (non-hydrogen) atoms. The SMILES string of the molecule is N=C1SCCN1CCCl.[Cl-]. The summed E-state index contributed by atoms with van der Waals surface area (Å²) in [6.07, 6.45) is 0. The van der Waals surface area contributed by atoms with Crippen molar-refractivity contribution >= 4 is 28.5 Å². The number of rotatable bonds is 2. The smallest absolute Gasteiger partial charge is 0.156 e. The molecule has 0 bridgehead atoms. The molecule has 5 heteroatoms. The summed E-state index contributed by atoms with van der Waals surface area (Å²) in [6, 6.07) is 0. The van der Waals surface area contributed by atoms with Crippen LogP contribution in [0.25, 0.3) is 0 Å². The summed E-state index contributed by atoms with van der Waals surface area (Å²) in [6.45, 7) is 1.82. The lowest BCUT2D eigenvalue weighted by molar-refractivity contribution is -0.00000199. The lowest BCUT2D eigenvalue weighted by atomic mass is 10.6. The maximum atomic E-state index is 7.34. The molecule has 0 aromatic carbocycles. The summed E-state index contributed by atoms with van der Waals surface area (Å²) in [5.41, 5.74) is 0. The van der Waals surface area contributed by atoms with Crippen LogP contribution in [-0.2, 0) is 0 Å². The van der Waals surface area contributed by atoms with Gasteiger partial charge in [-0.15, -0.1) is 11.6 Å². The average Bonchev–Trinajstić information content (AvgIpc) is 2.18. The summed E-state index contributed by atoms with van der Waals surface area (Å²) in [7, 11) is 0. The Morgan fingerprint density at radius 2 is 2.40 bits per heavy atom. The highest BCUT2D eigenvalue weighted by Crippen LogP contribution is 2.15. The molecular weight excluding hydrogens is 191 g/mol. The van der Waals surface area contributed by atoms with Crippen molar-refractivity contribution in [2.45, 2.75) is 0 Å². The van der Waals surface area contributed by atoms with Crippen molar-refractivity contribution < 1.29 is 12.4 Å². The number of amidine groups is 1. The molecule has 0 aromatic heterocycles. The third-order valence-electron chi connectivity index (χ3n) is 1.24. The molecule has 2 nitrogen and oxygen atoms in total. The van der Waals surface area contributed by atoms with Crippen LogP contribution in [0, 0.1) is 5.41 Å². The van der Waals surface area contributed by atoms with E-state index in [9.17, 15) is 0 Å². The van der Waals surface area contributed by atoms with Crippen LogP contribution in [-0.4, -0.2) is 34.8 Å². The molecule has 1 heterocycles. The fourth-order valence-electron chi connectivity index (χ4n) is 0.761. The molecule has 0 amide bonds. The molecule has 60 valence electrons. The maximum Gasteiger partial charge on any atom is 0.156 e. The third kappa shape index (κ3) is 2.56. The largest absolute Gasteiger partial charge is 1.00 e. The number of alkyl halides is 1. The molecular formula is C5H9Cl2N2S-. The Balaban J connectivity index is 0.000000810. The number of nitrogens with zero attached hydrogens (tertiary/aromatic N) is 1. The van der Waals surface area contributed by atoms with E-state index in [0.29, 0.717) is 11.0 Å². The second-order valence-corrected chi connectivity index (χ2v) is 3.29. The molecule has 1 rings (SSSR count). The van der Waals surface area contributed by atoms with Crippen LogP contribution in [0.4, 0.5) is 0 Å². The normalized spacial score (nSPS) is 17.3. The highest BCUT2D eigenvalue weighted by Gasteiger charge is 2.15. The van der Waals surface area contributed by atoms with E-state index in [4.69, 9.17) is 17.0 Å². The van der Waals surface area contributed by atoms with Crippen molar-refractivity contribution in [3.05, 3.63) is 0 Å². The van der Waals surface area contributed by atoms with Crippen molar-refractivity contribution in [3.8, 4) is 0 Å². The highest BCUT2D eigenvalue weighted by molar-refractivity contribution is 8.14. The van der Waals surface area contributed by atoms with Crippen LogP contribution >= 0.6 is 23.4 Å². The Morgan fingerprint density at radius 1 is 1.70 bits per heavy atom. The van der Waals surface area contributed by atoms with Crippen molar-refractivity contribution in [1.29, 1.82) is 5.41 Å². The number of hydrogen-bond acceptors (Lipinski definition) is 2. The monoisotopic (exact) mass is 199 g/mol. The van der Waals surface area contributed by atoms with Crippen molar-refractivity contribution in [3.63, 3.8) is 0 Å². The minimum atomic E-state index is 0. The van der Waals surface area contributed by atoms with E-state index < -0.39 is 0 Å². The van der Waals surface area contributed by atoms with Crippen molar-refractivity contribution in [1.82, 2.24) is 4.90 Å². The van der Waals surface area contributed by atoms with E-state index in [1.807, 2.05) is 4.90 Å². The van der Waals surface area contributed by atoms with Gasteiger partial charge < -0.3 is 17.3 Å². The van der Waals surface area contributed by atoms with Crippen LogP contribution in [0.15, 0.2) is 0 Å². The lowest BCUT2D eigenvalue weighted by Crippen LogP contribution is -3.00. The summed E-state index contributed by atoms with van der Waals surface area (Å²) in [5.74, 6) is 1.68. The molecule has 1 saturated heterocycles. The molecule has 1 N–H and O–H groups in total. The van der Waals surface area contributed by atoms with E-state index in [1.54, 1.807) is 11.8 Å². The number of nitrogens with one attached hydrogen (secondary N) is 1. The van der Waals surface area contributed by atoms with E-state index in [0.717, 1.165) is 18.8 Å². The van der Waals surface area contributed by atoms with Gasteiger partial charge in [0, 0.05) is 24.7 Å². The first-order valence-electron chi connectivity index (χ1n) is 2.87. The Morgan fingerprint density at radius 3 is 2.80 bits per heavy atom. The first kappa shape index (κ1) is 10.4. The average molecular weight is 200 g/mol. The summed E-state index contributed by atoms with van der Waals surface area (Å²) < 4.78 is 0. The summed E-state index contributed by atoms with van der Waals surface area (Å²) in [4.78, 5) is 2.00. The number of hydrogen-bond donors (Lipinski definition) is 1. The molecule has 1 aliphatic heterocycles. The Bertz CT molecular complexity index is 120. The molecule has 0 atom stereocenters. The zero-order valence-electron chi connectivity index (χ0n) is 5.44. The van der Waals surface area contributed by atoms with Gasteiger partial charge in [0.25, 0.3) is 0 Å². The first-order valence-corrected chi connectivity index (χ1v) is 4.39. The van der Waals surface area contributed by atoms with Gasteiger partial charge in [-0.2, -0.15) is 0 Å². The van der Waals surface area contributed by atoms with Gasteiger partial charge in [-0.25, -0.2) is 0 Å². The lowest BCUT2D eigenvalue weighted by Gasteiger charge is -2.13. The van der Waals surface area contributed by atoms with E-state index in [2.05, 4.69) is 0 Å². The van der Waals surface area contributed by atoms with Gasteiger partial charge in [0.1, 0.15) is 0 Å². The van der Waals surface area contributed by atoms with Crippen LogP contribution < -0.4 is 12.4 Å². The molecule has 0 saturated carbocycles. The first-order chi connectivity index (χ1) is 4.34. The molecule has 0 radical (unpaired) electrons. The third-order valence-corrected chi connectivity index (χ3v) is 2.33. The standard InChI is InChI=1S/C5H9ClN2S.ClH/c6-1-2-8-3-4-9-5(8)7;/h7H,1-4H2;1H/p-1. The van der Waals surface area contributed by atoms with Crippen molar-refractivity contribution in [2.24, 2.45) is 0 Å². The molecule has 1 fully saturated rings. The van der Waals surface area contributed by atoms with Gasteiger partial charge in [0.2, 0.25) is 0 Å². The molecule has 0 aromatic rings. The van der Waals surface area contributed by atoms with Crippen LogP contribution in [0.3, 0.4) is 0 Å². The molecule has 0 spiro atoms. The number of halogens is 2. The van der Waals surface area contributed by atoms with Gasteiger partial charge >= 0.3 is 0 Å². The van der Waals surface area contributed by atoms with Crippen LogP contribution in [0.5, 0.6) is 0 Å². The Hall–Kier alpha value is 0.400. The second kappa shape index (κ2) is 5.10. The minimum absolute atomic E-state index is 0. The maximum absolute atomic E-state index is 7.34. The zero-order valence-corrected chi connectivity index (χ0v) is 7.77. The topological polar surface area (TPSA) is 27.1 Å². The van der Waals surface area contributed by atoms with Crippen molar-refractivity contribution in [2.75, 3.05) is 24.7 Å². The van der Waals surface area contributed by atoms with Gasteiger partial charge in [-0.05, 0) is 0 Å². The number of thioether (sulfide) groups is 1. The quantitative estimate of drug-likeness (QED) is 0.533. The minimum Gasteiger partial charge on any atom is -1.00 e. The molecule has 1 aliphatic rings. The summed E-state index contributed by atoms with van der Waals surface area (Å²) >= 11 is 7.10. The highest BCUT2D eigenvalue weighted by atomic mass is 35.5. The molecule has 0 unspecified atom stereocenters. The predicted molar refractivity (Wildman–Crippen MR) is 42.5 cm³/mol.